The summed E-state index contributed by atoms with van der Waals surface area (Å²) in [5, 5.41) is 6.29. The number of alkyl halides is 6. The fourth-order valence-electron chi connectivity index (χ4n) is 3.73. The molecule has 2 N–H and O–H groups in total. The van der Waals surface area contributed by atoms with Crippen LogP contribution < -0.4 is 5.73 Å². The number of hydrogen-bond acceptors (Lipinski definition) is 7. The highest BCUT2D eigenvalue weighted by Gasteiger charge is 2.34. The lowest BCUT2D eigenvalue weighted by molar-refractivity contribution is -0.164. The normalized spacial score (nSPS) is 12.1. The predicted octanol–water partition coefficient (Wildman–Crippen LogP) is 4.31. The minimum absolute atomic E-state index is 0.0287. The summed E-state index contributed by atoms with van der Waals surface area (Å²) in [6.45, 7) is -2.49. The zero-order valence-electron chi connectivity index (χ0n) is 20.2. The van der Waals surface area contributed by atoms with Crippen molar-refractivity contribution in [3.05, 3.63) is 59.5 Å². The van der Waals surface area contributed by atoms with Gasteiger partial charge in [0.15, 0.2) is 6.61 Å². The first-order valence-electron chi connectivity index (χ1n) is 11.0. The Hall–Kier alpha value is -4.63. The number of halogens is 6. The van der Waals surface area contributed by atoms with Gasteiger partial charge in [0.1, 0.15) is 5.82 Å². The largest absolute Gasteiger partial charge is 0.439 e. The fourth-order valence-corrected chi connectivity index (χ4v) is 3.73. The molecule has 0 aliphatic heterocycles. The van der Waals surface area contributed by atoms with Crippen molar-refractivity contribution in [3.63, 3.8) is 0 Å². The number of hydrogen-bond donors (Lipinski definition) is 1. The van der Waals surface area contributed by atoms with Crippen molar-refractivity contribution >= 4 is 39.6 Å². The smallest absolute Gasteiger partial charge is 0.428 e. The summed E-state index contributed by atoms with van der Waals surface area (Å²) in [4.78, 5) is 33.9. The van der Waals surface area contributed by atoms with Crippen LogP contribution in [0.5, 0.6) is 0 Å². The average Bonchev–Trinajstić information content (AvgIpc) is 3.26. The lowest BCUT2D eigenvalue weighted by Gasteiger charge is -2.31. The monoisotopic (exact) mass is 555 g/mol. The number of anilines is 1. The van der Waals surface area contributed by atoms with Gasteiger partial charge in [0.05, 0.1) is 40.4 Å². The minimum atomic E-state index is -4.83. The lowest BCUT2D eigenvalue weighted by Crippen LogP contribution is -2.47. The number of benzene rings is 1. The Labute approximate surface area is 215 Å². The number of amides is 2. The standard InChI is InChI=1S/C23H19F6N7O3/c1-34-18-15-7-12(3-6-17(15)33-19(30)16(18)9-32-34)20(37)36(35(2)21(38)39-11-22(24,25)26)10-14-5-4-13(8-31-14)23(27,28)29/h3-9H,10-11H2,1-2H3,(H2,30,33). The van der Waals surface area contributed by atoms with Crippen molar-refractivity contribution in [2.45, 2.75) is 18.9 Å². The van der Waals surface area contributed by atoms with E-state index in [4.69, 9.17) is 5.73 Å². The number of nitrogens with two attached hydrogens (primary N) is 1. The molecule has 0 fully saturated rings. The molecule has 4 aromatic rings. The minimum Gasteiger partial charge on any atom is -0.439 e. The molecule has 0 saturated heterocycles. The van der Waals surface area contributed by atoms with Crippen molar-refractivity contribution in [2.24, 2.45) is 7.05 Å². The molecule has 0 aliphatic carbocycles. The SMILES string of the molecule is CN(C(=O)OCC(F)(F)F)N(Cc1ccc(C(F)(F)F)cn1)C(=O)c1ccc2nc(N)c3cnn(C)c3c2c1. The summed E-state index contributed by atoms with van der Waals surface area (Å²) in [6.07, 6.45) is -9.01. The quantitative estimate of drug-likeness (QED) is 0.295. The Kier molecular flexibility index (Phi) is 6.97. The Bertz CT molecular complexity index is 1550. The van der Waals surface area contributed by atoms with Gasteiger partial charge in [-0.2, -0.15) is 31.4 Å². The Balaban J connectivity index is 1.73. The van der Waals surface area contributed by atoms with E-state index in [9.17, 15) is 35.9 Å². The third-order valence-corrected chi connectivity index (χ3v) is 5.64. The van der Waals surface area contributed by atoms with Crippen molar-refractivity contribution in [1.82, 2.24) is 29.8 Å². The molecule has 3 heterocycles. The van der Waals surface area contributed by atoms with Gasteiger partial charge in [0.2, 0.25) is 0 Å². The topological polar surface area (TPSA) is 119 Å². The van der Waals surface area contributed by atoms with Crippen molar-refractivity contribution in [2.75, 3.05) is 19.4 Å². The molecule has 4 rings (SSSR count). The molecule has 39 heavy (non-hydrogen) atoms. The maximum atomic E-state index is 13.6. The molecule has 0 saturated carbocycles. The number of carbonyl (C=O) groups is 2. The van der Waals surface area contributed by atoms with Crippen molar-refractivity contribution < 1.29 is 40.7 Å². The van der Waals surface area contributed by atoms with Crippen LogP contribution in [0.4, 0.5) is 37.0 Å². The van der Waals surface area contributed by atoms with E-state index in [1.807, 2.05) is 0 Å². The summed E-state index contributed by atoms with van der Waals surface area (Å²) in [5.74, 6) is -0.691. The van der Waals surface area contributed by atoms with E-state index in [2.05, 4.69) is 19.8 Å². The van der Waals surface area contributed by atoms with E-state index in [0.29, 0.717) is 38.0 Å². The number of hydrazine groups is 1. The van der Waals surface area contributed by atoms with Crippen molar-refractivity contribution in [3.8, 4) is 0 Å². The number of ether oxygens (including phenoxy) is 1. The highest BCUT2D eigenvalue weighted by atomic mass is 19.4. The average molecular weight is 555 g/mol. The first kappa shape index (κ1) is 27.4. The Morgan fingerprint density at radius 1 is 1.05 bits per heavy atom. The second-order valence-electron chi connectivity index (χ2n) is 8.35. The van der Waals surface area contributed by atoms with Crippen LogP contribution in [-0.4, -0.2) is 61.6 Å². The number of nitrogens with zero attached hydrogens (tertiary/aromatic N) is 6. The van der Waals surface area contributed by atoms with Crippen LogP contribution in [0.15, 0.2) is 42.7 Å². The number of aryl methyl sites for hydroxylation is 1. The molecule has 3 aromatic heterocycles. The first-order valence-corrected chi connectivity index (χ1v) is 11.0. The van der Waals surface area contributed by atoms with Gasteiger partial charge in [-0.15, -0.1) is 0 Å². The van der Waals surface area contributed by atoms with Gasteiger partial charge >= 0.3 is 18.4 Å². The van der Waals surface area contributed by atoms with E-state index >= 15 is 0 Å². The molecule has 0 bridgehead atoms. The van der Waals surface area contributed by atoms with E-state index < -0.39 is 43.1 Å². The maximum Gasteiger partial charge on any atom is 0.428 e. The molecule has 16 heteroatoms. The highest BCUT2D eigenvalue weighted by Crippen LogP contribution is 2.30. The number of rotatable bonds is 4. The van der Waals surface area contributed by atoms with Crippen LogP contribution in [0.2, 0.25) is 0 Å². The van der Waals surface area contributed by atoms with E-state index in [0.717, 1.165) is 19.2 Å². The first-order chi connectivity index (χ1) is 18.2. The van der Waals surface area contributed by atoms with Gasteiger partial charge in [0.25, 0.3) is 5.91 Å². The number of fused-ring (bicyclic) bond motifs is 3. The second kappa shape index (κ2) is 9.92. The summed E-state index contributed by atoms with van der Waals surface area (Å²) in [6, 6.07) is 5.95. The zero-order chi connectivity index (χ0) is 28.7. The van der Waals surface area contributed by atoms with Gasteiger partial charge < -0.3 is 10.5 Å². The number of pyridine rings is 2. The van der Waals surface area contributed by atoms with Crippen LogP contribution in [0.3, 0.4) is 0 Å². The third-order valence-electron chi connectivity index (χ3n) is 5.64. The molecule has 2 amide bonds. The van der Waals surface area contributed by atoms with Gasteiger partial charge in [-0.25, -0.2) is 19.8 Å². The van der Waals surface area contributed by atoms with Crippen LogP contribution in [0, 0.1) is 0 Å². The second-order valence-corrected chi connectivity index (χ2v) is 8.35. The van der Waals surface area contributed by atoms with Crippen LogP contribution in [0.1, 0.15) is 21.6 Å². The summed E-state index contributed by atoms with van der Waals surface area (Å²) >= 11 is 0. The number of carbonyl (C=O) groups excluding carboxylic acids is 2. The molecule has 0 unspecified atom stereocenters. The maximum absolute atomic E-state index is 13.6. The molecular weight excluding hydrogens is 536 g/mol. The Morgan fingerprint density at radius 3 is 2.38 bits per heavy atom. The molecule has 206 valence electrons. The van der Waals surface area contributed by atoms with Gasteiger partial charge in [-0.3, -0.25) is 14.5 Å². The molecular formula is C23H19F6N7O3. The van der Waals surface area contributed by atoms with E-state index in [1.54, 1.807) is 7.05 Å². The molecule has 10 nitrogen and oxygen atoms in total. The fraction of sp³-hybridized carbons (Fsp3) is 0.261. The zero-order valence-corrected chi connectivity index (χ0v) is 20.2. The summed E-state index contributed by atoms with van der Waals surface area (Å²) in [5.41, 5.74) is 5.77. The predicted molar refractivity (Wildman–Crippen MR) is 125 cm³/mol. The van der Waals surface area contributed by atoms with Gasteiger partial charge in [0, 0.05) is 31.2 Å². The van der Waals surface area contributed by atoms with E-state index in [-0.39, 0.29) is 17.1 Å². The summed E-state index contributed by atoms with van der Waals surface area (Å²) < 4.78 is 82.3. The third kappa shape index (κ3) is 5.78. The van der Waals surface area contributed by atoms with E-state index in [1.165, 1.54) is 29.1 Å². The van der Waals surface area contributed by atoms with Crippen molar-refractivity contribution in [1.29, 1.82) is 0 Å². The van der Waals surface area contributed by atoms with Crippen LogP contribution in [0.25, 0.3) is 21.8 Å². The van der Waals surface area contributed by atoms with Crippen LogP contribution in [-0.2, 0) is 24.5 Å². The highest BCUT2D eigenvalue weighted by molar-refractivity contribution is 6.10. The Morgan fingerprint density at radius 2 is 1.77 bits per heavy atom. The number of aromatic nitrogens is 4. The lowest BCUT2D eigenvalue weighted by atomic mass is 10.1. The molecule has 1 aromatic carbocycles. The summed E-state index contributed by atoms with van der Waals surface area (Å²) in [7, 11) is 2.62. The molecule has 0 spiro atoms. The van der Waals surface area contributed by atoms with Gasteiger partial charge in [-0.05, 0) is 30.3 Å². The number of nitrogen functional groups attached to an aromatic ring is 1. The van der Waals surface area contributed by atoms with Crippen LogP contribution >= 0.6 is 0 Å². The van der Waals surface area contributed by atoms with Gasteiger partial charge in [-0.1, -0.05) is 0 Å². The molecule has 0 radical (unpaired) electrons. The molecule has 0 atom stereocenters. The molecule has 0 aliphatic rings.